The average molecular weight is 298 g/mol. The summed E-state index contributed by atoms with van der Waals surface area (Å²) >= 11 is 0. The van der Waals surface area contributed by atoms with E-state index in [1.54, 1.807) is 12.4 Å². The van der Waals surface area contributed by atoms with E-state index in [0.717, 1.165) is 37.6 Å². The van der Waals surface area contributed by atoms with Crippen LogP contribution in [0.3, 0.4) is 0 Å². The van der Waals surface area contributed by atoms with Crippen LogP contribution in [-0.2, 0) is 11.3 Å². The van der Waals surface area contributed by atoms with E-state index >= 15 is 0 Å². The van der Waals surface area contributed by atoms with Crippen molar-refractivity contribution >= 4 is 0 Å². The molecule has 116 valence electrons. The zero-order valence-electron chi connectivity index (χ0n) is 12.7. The molecule has 5 heteroatoms. The van der Waals surface area contributed by atoms with Crippen LogP contribution in [0.4, 0.5) is 0 Å². The second kappa shape index (κ2) is 6.18. The Balaban J connectivity index is 1.39. The molecule has 0 amide bonds. The molecule has 22 heavy (non-hydrogen) atoms. The van der Waals surface area contributed by atoms with E-state index in [9.17, 15) is 0 Å². The molecule has 1 saturated heterocycles. The summed E-state index contributed by atoms with van der Waals surface area (Å²) in [5.41, 5.74) is 2.24. The minimum Gasteiger partial charge on any atom is -0.378 e. The molecule has 2 aromatic rings. The lowest BCUT2D eigenvalue weighted by molar-refractivity contribution is -0.0114. The highest BCUT2D eigenvalue weighted by Gasteiger charge is 2.35. The number of pyridine rings is 1. The molecule has 1 aliphatic heterocycles. The molecule has 2 atom stereocenters. The molecule has 2 aliphatic rings. The number of aromatic nitrogens is 3. The van der Waals surface area contributed by atoms with E-state index in [-0.39, 0.29) is 0 Å². The molecular formula is C17H22N4O. The minimum atomic E-state index is 0.483. The maximum atomic E-state index is 5.90. The summed E-state index contributed by atoms with van der Waals surface area (Å²) in [6, 6.07) is 6.59. The van der Waals surface area contributed by atoms with Crippen LogP contribution < -0.4 is 5.32 Å². The fourth-order valence-electron chi connectivity index (χ4n) is 3.24. The summed E-state index contributed by atoms with van der Waals surface area (Å²) < 4.78 is 7.88. The van der Waals surface area contributed by atoms with Gasteiger partial charge in [-0.15, -0.1) is 0 Å². The van der Waals surface area contributed by atoms with Gasteiger partial charge in [0.2, 0.25) is 0 Å². The third kappa shape index (κ3) is 3.05. The van der Waals surface area contributed by atoms with Crippen molar-refractivity contribution in [2.45, 2.75) is 44.4 Å². The normalized spacial score (nSPS) is 25.3. The Hall–Kier alpha value is -1.72. The number of nitrogens with zero attached hydrogens (tertiary/aromatic N) is 3. The van der Waals surface area contributed by atoms with Crippen molar-refractivity contribution in [3.63, 3.8) is 0 Å². The molecular weight excluding hydrogens is 276 g/mol. The highest BCUT2D eigenvalue weighted by molar-refractivity contribution is 5.30. The molecule has 0 bridgehead atoms. The van der Waals surface area contributed by atoms with Crippen molar-refractivity contribution < 1.29 is 4.74 Å². The van der Waals surface area contributed by atoms with E-state index < -0.39 is 0 Å². The van der Waals surface area contributed by atoms with E-state index in [2.05, 4.69) is 21.5 Å². The monoisotopic (exact) mass is 298 g/mol. The first-order chi connectivity index (χ1) is 10.9. The van der Waals surface area contributed by atoms with Crippen molar-refractivity contribution in [3.05, 3.63) is 42.5 Å². The van der Waals surface area contributed by atoms with Gasteiger partial charge in [-0.2, -0.15) is 5.10 Å². The third-order valence-electron chi connectivity index (χ3n) is 4.66. The number of hydrogen-bond acceptors (Lipinski definition) is 4. The van der Waals surface area contributed by atoms with Gasteiger partial charge in [0.15, 0.2) is 0 Å². The lowest BCUT2D eigenvalue weighted by Crippen LogP contribution is -2.39. The van der Waals surface area contributed by atoms with Crippen LogP contribution >= 0.6 is 0 Å². The maximum Gasteiger partial charge on any atom is 0.0679 e. The zero-order chi connectivity index (χ0) is 14.8. The molecule has 3 heterocycles. The van der Waals surface area contributed by atoms with Crippen LogP contribution in [0.25, 0.3) is 5.69 Å². The Morgan fingerprint density at radius 2 is 2.00 bits per heavy atom. The Morgan fingerprint density at radius 1 is 1.14 bits per heavy atom. The number of rotatable bonds is 5. The maximum absolute atomic E-state index is 5.90. The Morgan fingerprint density at radius 3 is 2.82 bits per heavy atom. The summed E-state index contributed by atoms with van der Waals surface area (Å²) in [7, 11) is 0. The predicted molar refractivity (Wildman–Crippen MR) is 83.7 cm³/mol. The van der Waals surface area contributed by atoms with Crippen molar-refractivity contribution in [3.8, 4) is 5.69 Å². The van der Waals surface area contributed by atoms with Crippen molar-refractivity contribution in [1.82, 2.24) is 20.1 Å². The summed E-state index contributed by atoms with van der Waals surface area (Å²) in [4.78, 5) is 4.06. The number of ether oxygens (including phenoxy) is 1. The SMILES string of the molecule is c1cc(-n2nccc2CNC2CCOC(C3CC3)C2)ccn1. The first-order valence-electron chi connectivity index (χ1n) is 8.18. The van der Waals surface area contributed by atoms with Crippen LogP contribution in [-0.4, -0.2) is 33.5 Å². The van der Waals surface area contributed by atoms with Crippen molar-refractivity contribution in [2.75, 3.05) is 6.61 Å². The van der Waals surface area contributed by atoms with Gasteiger partial charge in [0.05, 0.1) is 17.5 Å². The van der Waals surface area contributed by atoms with Crippen LogP contribution in [0, 0.1) is 5.92 Å². The molecule has 2 fully saturated rings. The van der Waals surface area contributed by atoms with Gasteiger partial charge >= 0.3 is 0 Å². The molecule has 5 nitrogen and oxygen atoms in total. The lowest BCUT2D eigenvalue weighted by atomic mass is 10.00. The first kappa shape index (κ1) is 13.9. The zero-order valence-corrected chi connectivity index (χ0v) is 12.7. The fraction of sp³-hybridized carbons (Fsp3) is 0.529. The Kier molecular flexibility index (Phi) is 3.91. The topological polar surface area (TPSA) is 52.0 Å². The van der Waals surface area contributed by atoms with Gasteiger partial charge in [0.25, 0.3) is 0 Å². The molecule has 2 aromatic heterocycles. The van der Waals surface area contributed by atoms with Crippen molar-refractivity contribution in [2.24, 2.45) is 5.92 Å². The third-order valence-corrected chi connectivity index (χ3v) is 4.66. The quantitative estimate of drug-likeness (QED) is 0.920. The molecule has 0 radical (unpaired) electrons. The van der Waals surface area contributed by atoms with Crippen LogP contribution in [0.15, 0.2) is 36.8 Å². The summed E-state index contributed by atoms with van der Waals surface area (Å²) in [6.45, 7) is 1.73. The Bertz CT molecular complexity index is 608. The average Bonchev–Trinajstić information content (AvgIpc) is 3.32. The van der Waals surface area contributed by atoms with Gasteiger partial charge in [-0.05, 0) is 49.8 Å². The molecule has 0 aromatic carbocycles. The summed E-state index contributed by atoms with van der Waals surface area (Å²) in [5.74, 6) is 0.826. The van der Waals surface area contributed by atoms with Gasteiger partial charge < -0.3 is 10.1 Å². The highest BCUT2D eigenvalue weighted by Crippen LogP contribution is 2.38. The molecule has 1 aliphatic carbocycles. The predicted octanol–water partition coefficient (Wildman–Crippen LogP) is 2.31. The van der Waals surface area contributed by atoms with E-state index in [1.807, 2.05) is 23.0 Å². The van der Waals surface area contributed by atoms with Gasteiger partial charge in [-0.25, -0.2) is 4.68 Å². The van der Waals surface area contributed by atoms with Crippen LogP contribution in [0.5, 0.6) is 0 Å². The van der Waals surface area contributed by atoms with Gasteiger partial charge in [-0.1, -0.05) is 0 Å². The standard InChI is InChI=1S/C17H22N4O/c1-2-13(1)17-11-14(6-10-22-17)19-12-16-5-9-20-21(16)15-3-7-18-8-4-15/h3-5,7-9,13-14,17,19H,1-2,6,10-12H2. The molecule has 0 spiro atoms. The molecule has 1 N–H and O–H groups in total. The molecule has 1 saturated carbocycles. The largest absolute Gasteiger partial charge is 0.378 e. The fourth-order valence-corrected chi connectivity index (χ4v) is 3.24. The minimum absolute atomic E-state index is 0.483. The summed E-state index contributed by atoms with van der Waals surface area (Å²) in [6.07, 6.45) is 10.9. The van der Waals surface area contributed by atoms with Crippen molar-refractivity contribution in [1.29, 1.82) is 0 Å². The van der Waals surface area contributed by atoms with Crippen LogP contribution in [0.1, 0.15) is 31.4 Å². The van der Waals surface area contributed by atoms with Gasteiger partial charge in [0.1, 0.15) is 0 Å². The summed E-state index contributed by atoms with van der Waals surface area (Å²) in [5, 5.41) is 8.12. The molecule has 2 unspecified atom stereocenters. The van der Waals surface area contributed by atoms with Gasteiger partial charge in [-0.3, -0.25) is 4.98 Å². The van der Waals surface area contributed by atoms with Crippen LogP contribution in [0.2, 0.25) is 0 Å². The molecule has 4 rings (SSSR count). The van der Waals surface area contributed by atoms with Gasteiger partial charge in [0, 0.05) is 37.8 Å². The Labute approximate surface area is 130 Å². The van der Waals surface area contributed by atoms with E-state index in [0.29, 0.717) is 12.1 Å². The van der Waals surface area contributed by atoms with E-state index in [1.165, 1.54) is 18.5 Å². The highest BCUT2D eigenvalue weighted by atomic mass is 16.5. The second-order valence-electron chi connectivity index (χ2n) is 6.29. The van der Waals surface area contributed by atoms with E-state index in [4.69, 9.17) is 4.74 Å². The lowest BCUT2D eigenvalue weighted by Gasteiger charge is -2.30. The smallest absolute Gasteiger partial charge is 0.0679 e. The number of hydrogen-bond donors (Lipinski definition) is 1. The second-order valence-corrected chi connectivity index (χ2v) is 6.29. The number of nitrogens with one attached hydrogen (secondary N) is 1. The first-order valence-corrected chi connectivity index (χ1v) is 8.18.